The number of aromatic nitrogens is 3. The number of nitrogens with zero attached hydrogens (tertiary/aromatic N) is 3. The Balaban J connectivity index is 1.56. The fourth-order valence-electron chi connectivity index (χ4n) is 3.10. The van der Waals surface area contributed by atoms with E-state index in [1.165, 1.54) is 11.1 Å². The predicted octanol–water partition coefficient (Wildman–Crippen LogP) is 0.460. The van der Waals surface area contributed by atoms with Gasteiger partial charge in [-0.2, -0.15) is 5.10 Å². The Bertz CT molecular complexity index is 747. The Kier molecular flexibility index (Phi) is 2.85. The molecule has 3 heterocycles. The number of hydrogen-bond donors (Lipinski definition) is 1. The summed E-state index contributed by atoms with van der Waals surface area (Å²) >= 11 is 0. The van der Waals surface area contributed by atoms with Crippen LogP contribution < -0.4 is 15.7 Å². The first kappa shape index (κ1) is 12.6. The van der Waals surface area contributed by atoms with Crippen molar-refractivity contribution in [2.24, 2.45) is 0 Å². The highest BCUT2D eigenvalue weighted by Gasteiger charge is 2.25. The van der Waals surface area contributed by atoms with Crippen LogP contribution in [0.1, 0.15) is 17.0 Å². The first-order chi connectivity index (χ1) is 10.2. The number of aryl methyl sites for hydroxylation is 1. The van der Waals surface area contributed by atoms with E-state index in [2.05, 4.69) is 23.4 Å². The SMILES string of the molecule is Cc1ccc2c(c1)CC(Cn1nc3n(c1=O)CCNC3)O2. The average molecular weight is 286 g/mol. The summed E-state index contributed by atoms with van der Waals surface area (Å²) in [5, 5.41) is 7.65. The van der Waals surface area contributed by atoms with Gasteiger partial charge in [-0.1, -0.05) is 17.7 Å². The average Bonchev–Trinajstić information content (AvgIpc) is 3.01. The molecule has 0 aliphatic carbocycles. The minimum absolute atomic E-state index is 0.00980. The lowest BCUT2D eigenvalue weighted by Crippen LogP contribution is -2.35. The molecule has 110 valence electrons. The zero-order chi connectivity index (χ0) is 14.4. The van der Waals surface area contributed by atoms with Crippen molar-refractivity contribution in [1.29, 1.82) is 0 Å². The maximum atomic E-state index is 12.3. The molecular weight excluding hydrogens is 268 g/mol. The number of nitrogens with one attached hydrogen (secondary N) is 1. The minimum Gasteiger partial charge on any atom is -0.488 e. The van der Waals surface area contributed by atoms with E-state index in [0.29, 0.717) is 19.6 Å². The maximum absolute atomic E-state index is 12.3. The normalized spacial score (nSPS) is 20.0. The van der Waals surface area contributed by atoms with Crippen LogP contribution in [-0.2, 0) is 26.1 Å². The molecule has 1 atom stereocenters. The highest BCUT2D eigenvalue weighted by atomic mass is 16.5. The highest BCUT2D eigenvalue weighted by Crippen LogP contribution is 2.29. The minimum atomic E-state index is -0.0257. The molecule has 0 fully saturated rings. The topological polar surface area (TPSA) is 61.1 Å². The third-order valence-corrected chi connectivity index (χ3v) is 4.13. The Morgan fingerprint density at radius 3 is 3.24 bits per heavy atom. The van der Waals surface area contributed by atoms with Crippen LogP contribution in [0.4, 0.5) is 0 Å². The highest BCUT2D eigenvalue weighted by molar-refractivity contribution is 5.40. The lowest BCUT2D eigenvalue weighted by Gasteiger charge is -2.11. The summed E-state index contributed by atoms with van der Waals surface area (Å²) in [6.07, 6.45) is 0.827. The van der Waals surface area contributed by atoms with Crippen molar-refractivity contribution in [3.63, 3.8) is 0 Å². The molecule has 2 aliphatic rings. The van der Waals surface area contributed by atoms with Gasteiger partial charge in [0.05, 0.1) is 13.1 Å². The second-order valence-corrected chi connectivity index (χ2v) is 5.76. The van der Waals surface area contributed by atoms with E-state index in [1.54, 1.807) is 9.25 Å². The molecule has 1 aromatic heterocycles. The van der Waals surface area contributed by atoms with Crippen molar-refractivity contribution in [3.05, 3.63) is 45.6 Å². The van der Waals surface area contributed by atoms with Crippen LogP contribution in [0.15, 0.2) is 23.0 Å². The largest absolute Gasteiger partial charge is 0.488 e. The van der Waals surface area contributed by atoms with Gasteiger partial charge in [-0.25, -0.2) is 9.48 Å². The molecule has 6 nitrogen and oxygen atoms in total. The number of rotatable bonds is 2. The van der Waals surface area contributed by atoms with Gasteiger partial charge in [0.2, 0.25) is 0 Å². The van der Waals surface area contributed by atoms with Gasteiger partial charge in [0.25, 0.3) is 0 Å². The Labute approximate surface area is 122 Å². The van der Waals surface area contributed by atoms with Crippen LogP contribution in [0, 0.1) is 6.92 Å². The molecule has 0 amide bonds. The van der Waals surface area contributed by atoms with Crippen LogP contribution >= 0.6 is 0 Å². The second kappa shape index (κ2) is 4.73. The molecular formula is C15H18N4O2. The van der Waals surface area contributed by atoms with Gasteiger partial charge in [-0.05, 0) is 18.6 Å². The lowest BCUT2D eigenvalue weighted by molar-refractivity contribution is 0.201. The summed E-state index contributed by atoms with van der Waals surface area (Å²) in [7, 11) is 0. The van der Waals surface area contributed by atoms with E-state index in [-0.39, 0.29) is 11.8 Å². The van der Waals surface area contributed by atoms with Crippen molar-refractivity contribution >= 4 is 0 Å². The summed E-state index contributed by atoms with van der Waals surface area (Å²) in [5.74, 6) is 1.75. The van der Waals surface area contributed by atoms with Crippen LogP contribution in [0.5, 0.6) is 5.75 Å². The fraction of sp³-hybridized carbons (Fsp3) is 0.467. The van der Waals surface area contributed by atoms with Gasteiger partial charge in [0.1, 0.15) is 17.7 Å². The van der Waals surface area contributed by atoms with E-state index < -0.39 is 0 Å². The summed E-state index contributed by atoms with van der Waals surface area (Å²) in [6.45, 7) is 4.76. The van der Waals surface area contributed by atoms with Gasteiger partial charge in [-0.15, -0.1) is 0 Å². The zero-order valence-electron chi connectivity index (χ0n) is 12.0. The lowest BCUT2D eigenvalue weighted by atomic mass is 10.1. The zero-order valence-corrected chi connectivity index (χ0v) is 12.0. The van der Waals surface area contributed by atoms with Crippen molar-refractivity contribution in [1.82, 2.24) is 19.7 Å². The van der Waals surface area contributed by atoms with Crippen LogP contribution in [0.2, 0.25) is 0 Å². The van der Waals surface area contributed by atoms with E-state index >= 15 is 0 Å². The molecule has 1 unspecified atom stereocenters. The molecule has 21 heavy (non-hydrogen) atoms. The van der Waals surface area contributed by atoms with E-state index in [0.717, 1.165) is 24.5 Å². The standard InChI is InChI=1S/C15H18N4O2/c1-10-2-3-13-11(6-10)7-12(21-13)9-19-15(20)18-5-4-16-8-14(18)17-19/h2-3,6,12,16H,4-5,7-9H2,1H3. The van der Waals surface area contributed by atoms with E-state index in [4.69, 9.17) is 4.74 Å². The third kappa shape index (κ3) is 2.15. The first-order valence-electron chi connectivity index (χ1n) is 7.34. The molecule has 4 rings (SSSR count). The Morgan fingerprint density at radius 1 is 1.48 bits per heavy atom. The second-order valence-electron chi connectivity index (χ2n) is 5.76. The molecule has 6 heteroatoms. The maximum Gasteiger partial charge on any atom is 0.346 e. The summed E-state index contributed by atoms with van der Waals surface area (Å²) in [5.41, 5.74) is 2.43. The molecule has 2 aliphatic heterocycles. The summed E-state index contributed by atoms with van der Waals surface area (Å²) in [6, 6.07) is 6.21. The van der Waals surface area contributed by atoms with Crippen molar-refractivity contribution < 1.29 is 4.74 Å². The quantitative estimate of drug-likeness (QED) is 0.871. The van der Waals surface area contributed by atoms with Crippen molar-refractivity contribution in [2.75, 3.05) is 6.54 Å². The number of benzene rings is 1. The summed E-state index contributed by atoms with van der Waals surface area (Å²) < 4.78 is 9.23. The molecule has 0 bridgehead atoms. The third-order valence-electron chi connectivity index (χ3n) is 4.13. The van der Waals surface area contributed by atoms with Gasteiger partial charge >= 0.3 is 5.69 Å². The fourth-order valence-corrected chi connectivity index (χ4v) is 3.10. The van der Waals surface area contributed by atoms with Gasteiger partial charge in [0.15, 0.2) is 0 Å². The Hall–Kier alpha value is -2.08. The van der Waals surface area contributed by atoms with Gasteiger partial charge in [0, 0.05) is 19.5 Å². The molecule has 0 saturated carbocycles. The van der Waals surface area contributed by atoms with Crippen LogP contribution in [0.3, 0.4) is 0 Å². The first-order valence-corrected chi connectivity index (χ1v) is 7.34. The number of hydrogen-bond acceptors (Lipinski definition) is 4. The summed E-state index contributed by atoms with van der Waals surface area (Å²) in [4.78, 5) is 12.3. The van der Waals surface area contributed by atoms with Crippen LogP contribution in [-0.4, -0.2) is 27.0 Å². The molecule has 1 N–H and O–H groups in total. The Morgan fingerprint density at radius 2 is 2.38 bits per heavy atom. The smallest absolute Gasteiger partial charge is 0.346 e. The van der Waals surface area contributed by atoms with Gasteiger partial charge in [-0.3, -0.25) is 4.57 Å². The predicted molar refractivity (Wildman–Crippen MR) is 77.5 cm³/mol. The molecule has 0 spiro atoms. The van der Waals surface area contributed by atoms with Crippen molar-refractivity contribution in [3.8, 4) is 5.75 Å². The van der Waals surface area contributed by atoms with Crippen LogP contribution in [0.25, 0.3) is 0 Å². The molecule has 0 saturated heterocycles. The van der Waals surface area contributed by atoms with E-state index in [9.17, 15) is 4.79 Å². The monoisotopic (exact) mass is 286 g/mol. The number of fused-ring (bicyclic) bond motifs is 2. The molecule has 0 radical (unpaired) electrons. The van der Waals surface area contributed by atoms with Crippen molar-refractivity contribution in [2.45, 2.75) is 39.1 Å². The molecule has 2 aromatic rings. The van der Waals surface area contributed by atoms with Gasteiger partial charge < -0.3 is 10.1 Å². The van der Waals surface area contributed by atoms with E-state index in [1.807, 2.05) is 12.1 Å². The molecule has 1 aromatic carbocycles. The number of ether oxygens (including phenoxy) is 1.